The molecule has 0 N–H and O–H groups in total. The van der Waals surface area contributed by atoms with Crippen molar-refractivity contribution >= 4 is 21.6 Å². The number of hydrogen-bond donors (Lipinski definition) is 0. The van der Waals surface area contributed by atoms with Crippen LogP contribution in [0.1, 0.15) is 18.4 Å². The van der Waals surface area contributed by atoms with E-state index in [0.717, 1.165) is 24.1 Å². The van der Waals surface area contributed by atoms with E-state index in [0.29, 0.717) is 19.6 Å². The minimum atomic E-state index is -3.18. The molecule has 0 radical (unpaired) electrons. The smallest absolute Gasteiger partial charge is 0.233 e. The molecule has 2 aromatic carbocycles. The largest absolute Gasteiger partial charge is 0.308 e. The molecule has 1 aliphatic carbocycles. The molecule has 0 spiro atoms. The third-order valence-electron chi connectivity index (χ3n) is 5.02. The first kappa shape index (κ1) is 17.2. The highest BCUT2D eigenvalue weighted by atomic mass is 32.2. The minimum Gasteiger partial charge on any atom is -0.308 e. The molecule has 1 amide bonds. The van der Waals surface area contributed by atoms with E-state index in [1.807, 2.05) is 60.7 Å². The molecule has 4 rings (SSSR count). The van der Waals surface area contributed by atoms with Crippen LogP contribution in [0, 0.1) is 5.92 Å². The van der Waals surface area contributed by atoms with Crippen molar-refractivity contribution in [2.24, 2.45) is 5.92 Å². The molecule has 0 unspecified atom stereocenters. The number of rotatable bonds is 6. The Morgan fingerprint density at radius 3 is 2.12 bits per heavy atom. The normalized spacial score (nSPS) is 18.3. The van der Waals surface area contributed by atoms with Gasteiger partial charge >= 0.3 is 0 Å². The van der Waals surface area contributed by atoms with Crippen LogP contribution in [0.25, 0.3) is 0 Å². The van der Waals surface area contributed by atoms with Gasteiger partial charge in [-0.3, -0.25) is 4.79 Å². The van der Waals surface area contributed by atoms with Crippen LogP contribution in [0.5, 0.6) is 0 Å². The minimum absolute atomic E-state index is 0.0118. The van der Waals surface area contributed by atoms with Crippen molar-refractivity contribution in [2.45, 2.75) is 24.6 Å². The van der Waals surface area contributed by atoms with Gasteiger partial charge in [-0.25, -0.2) is 8.42 Å². The number of sulfonamides is 1. The van der Waals surface area contributed by atoms with Gasteiger partial charge in [0.25, 0.3) is 0 Å². The molecular formula is C20H22N2O3S. The number of amides is 1. The number of hydrogen-bond acceptors (Lipinski definition) is 3. The van der Waals surface area contributed by atoms with Gasteiger partial charge in [0.05, 0.1) is 17.7 Å². The van der Waals surface area contributed by atoms with E-state index < -0.39 is 10.0 Å². The van der Waals surface area contributed by atoms with E-state index in [4.69, 9.17) is 0 Å². The van der Waals surface area contributed by atoms with E-state index in [-0.39, 0.29) is 17.1 Å². The first-order valence-corrected chi connectivity index (χ1v) is 10.5. The summed E-state index contributed by atoms with van der Waals surface area (Å²) in [6, 6.07) is 19.4. The maximum atomic E-state index is 13.1. The van der Waals surface area contributed by atoms with Crippen molar-refractivity contribution in [3.63, 3.8) is 0 Å². The molecule has 26 heavy (non-hydrogen) atoms. The summed E-state index contributed by atoms with van der Waals surface area (Å²) >= 11 is 0. The van der Waals surface area contributed by atoms with Crippen molar-refractivity contribution in [1.82, 2.24) is 4.31 Å². The summed E-state index contributed by atoms with van der Waals surface area (Å²) in [5.74, 6) is -0.283. The standard InChI is InChI=1S/C20H22N2O3S/c23-20(17-14-21(15-17)26(24,25)19-11-12-19)22(18-9-5-2-6-10-18)13-16-7-3-1-4-8-16/h1-10,17,19H,11-15H2. The maximum Gasteiger partial charge on any atom is 0.233 e. The zero-order valence-corrected chi connectivity index (χ0v) is 15.3. The molecule has 2 fully saturated rings. The highest BCUT2D eigenvalue weighted by Crippen LogP contribution is 2.35. The average Bonchev–Trinajstić information content (AvgIpc) is 3.45. The Kier molecular flexibility index (Phi) is 4.54. The number of benzene rings is 2. The molecule has 2 aliphatic rings. The predicted octanol–water partition coefficient (Wildman–Crippen LogP) is 2.64. The van der Waals surface area contributed by atoms with Crippen LogP contribution >= 0.6 is 0 Å². The molecule has 1 aliphatic heterocycles. The van der Waals surface area contributed by atoms with Gasteiger partial charge in [-0.1, -0.05) is 48.5 Å². The predicted molar refractivity (Wildman–Crippen MR) is 101 cm³/mol. The van der Waals surface area contributed by atoms with E-state index in [1.54, 1.807) is 4.90 Å². The summed E-state index contributed by atoms with van der Waals surface area (Å²) in [6.07, 6.45) is 1.50. The molecular weight excluding hydrogens is 348 g/mol. The van der Waals surface area contributed by atoms with Crippen LogP contribution in [0.3, 0.4) is 0 Å². The lowest BCUT2D eigenvalue weighted by Crippen LogP contribution is -2.57. The summed E-state index contributed by atoms with van der Waals surface area (Å²) in [6.45, 7) is 1.08. The lowest BCUT2D eigenvalue weighted by molar-refractivity contribution is -0.125. The molecule has 136 valence electrons. The van der Waals surface area contributed by atoms with Gasteiger partial charge in [0, 0.05) is 18.8 Å². The molecule has 0 atom stereocenters. The fourth-order valence-corrected chi connectivity index (χ4v) is 5.20. The highest BCUT2D eigenvalue weighted by Gasteiger charge is 2.47. The fraction of sp³-hybridized carbons (Fsp3) is 0.350. The molecule has 1 saturated carbocycles. The summed E-state index contributed by atoms with van der Waals surface area (Å²) in [5.41, 5.74) is 1.89. The van der Waals surface area contributed by atoms with Crippen LogP contribution in [0.15, 0.2) is 60.7 Å². The van der Waals surface area contributed by atoms with Crippen molar-refractivity contribution in [2.75, 3.05) is 18.0 Å². The molecule has 0 aromatic heterocycles. The van der Waals surface area contributed by atoms with Crippen LogP contribution in [-0.2, 0) is 21.4 Å². The number of carbonyl (C=O) groups excluding carboxylic acids is 1. The van der Waals surface area contributed by atoms with Gasteiger partial charge < -0.3 is 4.90 Å². The molecule has 5 nitrogen and oxygen atoms in total. The van der Waals surface area contributed by atoms with Gasteiger partial charge in [0.1, 0.15) is 0 Å². The molecule has 2 aromatic rings. The zero-order chi connectivity index (χ0) is 18.1. The number of carbonyl (C=O) groups is 1. The Bertz CT molecular complexity index is 874. The second kappa shape index (κ2) is 6.85. The van der Waals surface area contributed by atoms with Crippen molar-refractivity contribution in [3.8, 4) is 0 Å². The summed E-state index contributed by atoms with van der Waals surface area (Å²) in [4.78, 5) is 14.9. The Morgan fingerprint density at radius 2 is 1.54 bits per heavy atom. The SMILES string of the molecule is O=C(C1CN(S(=O)(=O)C2CC2)C1)N(Cc1ccccc1)c1ccccc1. The third kappa shape index (κ3) is 3.39. The highest BCUT2D eigenvalue weighted by molar-refractivity contribution is 7.90. The second-order valence-electron chi connectivity index (χ2n) is 7.00. The van der Waals surface area contributed by atoms with Crippen molar-refractivity contribution in [1.29, 1.82) is 0 Å². The first-order valence-electron chi connectivity index (χ1n) is 8.95. The lowest BCUT2D eigenvalue weighted by Gasteiger charge is -2.39. The average molecular weight is 370 g/mol. The van der Waals surface area contributed by atoms with Gasteiger partial charge in [0.15, 0.2) is 0 Å². The van der Waals surface area contributed by atoms with Crippen LogP contribution in [-0.4, -0.2) is 37.0 Å². The monoisotopic (exact) mass is 370 g/mol. The number of anilines is 1. The van der Waals surface area contributed by atoms with Crippen LogP contribution < -0.4 is 4.90 Å². The fourth-order valence-electron chi connectivity index (χ4n) is 3.27. The van der Waals surface area contributed by atoms with Gasteiger partial charge in [-0.05, 0) is 30.5 Å². The molecule has 1 saturated heterocycles. The van der Waals surface area contributed by atoms with Gasteiger partial charge in [-0.15, -0.1) is 0 Å². The summed E-state index contributed by atoms with van der Waals surface area (Å²) in [7, 11) is -3.18. The Balaban J connectivity index is 1.50. The van der Waals surface area contributed by atoms with E-state index >= 15 is 0 Å². The summed E-state index contributed by atoms with van der Waals surface area (Å²) < 4.78 is 26.0. The lowest BCUT2D eigenvalue weighted by atomic mass is 10.0. The van der Waals surface area contributed by atoms with Gasteiger partial charge in [0.2, 0.25) is 15.9 Å². The van der Waals surface area contributed by atoms with Crippen LogP contribution in [0.4, 0.5) is 5.69 Å². The molecule has 1 heterocycles. The quantitative estimate of drug-likeness (QED) is 0.785. The number of para-hydroxylation sites is 1. The third-order valence-corrected chi connectivity index (χ3v) is 7.35. The maximum absolute atomic E-state index is 13.1. The zero-order valence-electron chi connectivity index (χ0n) is 14.5. The van der Waals surface area contributed by atoms with Crippen molar-refractivity contribution < 1.29 is 13.2 Å². The van der Waals surface area contributed by atoms with E-state index in [2.05, 4.69) is 0 Å². The first-order chi connectivity index (χ1) is 12.6. The molecule has 6 heteroatoms. The second-order valence-corrected chi connectivity index (χ2v) is 9.22. The number of nitrogens with zero attached hydrogens (tertiary/aromatic N) is 2. The van der Waals surface area contributed by atoms with E-state index in [9.17, 15) is 13.2 Å². The van der Waals surface area contributed by atoms with Crippen LogP contribution in [0.2, 0.25) is 0 Å². The molecule has 0 bridgehead atoms. The van der Waals surface area contributed by atoms with Gasteiger partial charge in [-0.2, -0.15) is 4.31 Å². The Morgan fingerprint density at radius 1 is 0.962 bits per heavy atom. The Hall–Kier alpha value is -2.18. The van der Waals surface area contributed by atoms with Crippen molar-refractivity contribution in [3.05, 3.63) is 66.2 Å². The Labute approximate surface area is 154 Å². The topological polar surface area (TPSA) is 57.7 Å². The van der Waals surface area contributed by atoms with E-state index in [1.165, 1.54) is 4.31 Å². The summed E-state index contributed by atoms with van der Waals surface area (Å²) in [5, 5.41) is -0.215.